The average Bonchev–Trinajstić information content (AvgIpc) is 3.27. The maximum atomic E-state index is 13.3. The van der Waals surface area contributed by atoms with Crippen LogP contribution in [0.5, 0.6) is 11.5 Å². The van der Waals surface area contributed by atoms with Gasteiger partial charge in [-0.05, 0) is 31.0 Å². The first-order valence-electron chi connectivity index (χ1n) is 10.6. The van der Waals surface area contributed by atoms with E-state index in [2.05, 4.69) is 10.7 Å². The Labute approximate surface area is 187 Å². The van der Waals surface area contributed by atoms with E-state index in [9.17, 15) is 9.59 Å². The van der Waals surface area contributed by atoms with Gasteiger partial charge in [-0.1, -0.05) is 36.4 Å². The Bertz CT molecular complexity index is 1020. The van der Waals surface area contributed by atoms with Crippen molar-refractivity contribution in [2.75, 3.05) is 20.8 Å². The summed E-state index contributed by atoms with van der Waals surface area (Å²) in [7, 11) is 3.17. The smallest absolute Gasteiger partial charge is 0.338 e. The molecule has 4 rings (SSSR count). The number of fused-ring (bicyclic) bond motifs is 1. The number of Topliss-reactive ketones (excluding diaryl/α,β-unsaturated/α-hetero) is 1. The second-order valence-electron chi connectivity index (χ2n) is 7.57. The highest BCUT2D eigenvalue weighted by Gasteiger charge is 2.45. The molecule has 2 aromatic rings. The third-order valence-electron chi connectivity index (χ3n) is 5.77. The van der Waals surface area contributed by atoms with Gasteiger partial charge in [0.1, 0.15) is 6.17 Å². The van der Waals surface area contributed by atoms with E-state index in [1.54, 1.807) is 39.5 Å². The van der Waals surface area contributed by atoms with Gasteiger partial charge in [0, 0.05) is 11.8 Å². The van der Waals surface area contributed by atoms with Crippen LogP contribution >= 0.6 is 0 Å². The third-order valence-corrected chi connectivity index (χ3v) is 5.77. The molecule has 0 aromatic heterocycles. The van der Waals surface area contributed by atoms with Gasteiger partial charge in [0.2, 0.25) is 0 Å². The number of hydrogen-bond donors (Lipinski definition) is 2. The van der Waals surface area contributed by atoms with Crippen LogP contribution in [0.1, 0.15) is 35.3 Å². The zero-order valence-corrected chi connectivity index (χ0v) is 18.3. The summed E-state index contributed by atoms with van der Waals surface area (Å²) in [6, 6.07) is 14.2. The standard InChI is InChI=1S/C24H27N3O5/c1-4-32-24(29)17-14-25-27-19(16-10-11-20(30-2)21(12-16)31-3)13-18(26-23(17)27)22(28)15-8-6-5-7-9-15/h5-12,14,18-19,23,25-26H,4,13H2,1-3H3. The van der Waals surface area contributed by atoms with Crippen molar-refractivity contribution in [3.05, 3.63) is 71.4 Å². The van der Waals surface area contributed by atoms with Crippen molar-refractivity contribution in [2.24, 2.45) is 0 Å². The van der Waals surface area contributed by atoms with Crippen LogP contribution in [0.2, 0.25) is 0 Å². The Morgan fingerprint density at radius 2 is 1.81 bits per heavy atom. The lowest BCUT2D eigenvalue weighted by molar-refractivity contribution is -0.139. The van der Waals surface area contributed by atoms with Crippen molar-refractivity contribution in [1.82, 2.24) is 15.8 Å². The number of nitrogens with one attached hydrogen (secondary N) is 2. The van der Waals surface area contributed by atoms with Gasteiger partial charge in [0.05, 0.1) is 38.5 Å². The van der Waals surface area contributed by atoms with Crippen LogP contribution in [0.15, 0.2) is 60.3 Å². The lowest BCUT2D eigenvalue weighted by Gasteiger charge is -2.42. The summed E-state index contributed by atoms with van der Waals surface area (Å²) in [6.07, 6.45) is 1.62. The number of ketones is 1. The monoisotopic (exact) mass is 437 g/mol. The lowest BCUT2D eigenvalue weighted by atomic mass is 9.90. The van der Waals surface area contributed by atoms with Crippen molar-refractivity contribution < 1.29 is 23.8 Å². The number of nitrogens with zero attached hydrogens (tertiary/aromatic N) is 1. The quantitative estimate of drug-likeness (QED) is 0.505. The molecule has 0 radical (unpaired) electrons. The van der Waals surface area contributed by atoms with E-state index in [4.69, 9.17) is 14.2 Å². The highest BCUT2D eigenvalue weighted by atomic mass is 16.5. The predicted octanol–water partition coefficient (Wildman–Crippen LogP) is 2.58. The summed E-state index contributed by atoms with van der Waals surface area (Å²) in [5.41, 5.74) is 5.18. The summed E-state index contributed by atoms with van der Waals surface area (Å²) >= 11 is 0. The minimum Gasteiger partial charge on any atom is -0.493 e. The van der Waals surface area contributed by atoms with Crippen molar-refractivity contribution in [1.29, 1.82) is 0 Å². The molecule has 2 aliphatic heterocycles. The van der Waals surface area contributed by atoms with Crippen LogP contribution in [0.4, 0.5) is 0 Å². The van der Waals surface area contributed by atoms with Crippen molar-refractivity contribution in [2.45, 2.75) is 31.6 Å². The molecule has 1 saturated heterocycles. The average molecular weight is 437 g/mol. The second-order valence-corrected chi connectivity index (χ2v) is 7.57. The molecule has 168 valence electrons. The van der Waals surface area contributed by atoms with Crippen molar-refractivity contribution in [3.63, 3.8) is 0 Å². The Balaban J connectivity index is 1.69. The molecule has 1 fully saturated rings. The zero-order valence-electron chi connectivity index (χ0n) is 18.3. The molecule has 0 aliphatic carbocycles. The molecule has 3 unspecified atom stereocenters. The largest absolute Gasteiger partial charge is 0.493 e. The van der Waals surface area contributed by atoms with Crippen LogP contribution < -0.4 is 20.2 Å². The molecule has 0 bridgehead atoms. The number of rotatable bonds is 7. The van der Waals surface area contributed by atoms with Gasteiger partial charge in [0.25, 0.3) is 0 Å². The SMILES string of the molecule is CCOC(=O)C1=CNN2C1NC(C(=O)c1ccccc1)CC2c1ccc(OC)c(OC)c1. The molecule has 2 aromatic carbocycles. The summed E-state index contributed by atoms with van der Waals surface area (Å²) in [5, 5.41) is 5.28. The molecule has 2 N–H and O–H groups in total. The molecule has 3 atom stereocenters. The molecule has 8 nitrogen and oxygen atoms in total. The Kier molecular flexibility index (Phi) is 6.43. The highest BCUT2D eigenvalue weighted by Crippen LogP contribution is 2.38. The fourth-order valence-corrected chi connectivity index (χ4v) is 4.21. The second kappa shape index (κ2) is 9.42. The number of carbonyl (C=O) groups is 2. The number of hydrazine groups is 1. The fourth-order valence-electron chi connectivity index (χ4n) is 4.21. The van der Waals surface area contributed by atoms with Gasteiger partial charge in [-0.25, -0.2) is 4.79 Å². The van der Waals surface area contributed by atoms with E-state index in [0.29, 0.717) is 29.1 Å². The Morgan fingerprint density at radius 1 is 1.06 bits per heavy atom. The summed E-state index contributed by atoms with van der Waals surface area (Å²) < 4.78 is 16.1. The summed E-state index contributed by atoms with van der Waals surface area (Å²) in [6.45, 7) is 2.04. The van der Waals surface area contributed by atoms with E-state index in [0.717, 1.165) is 5.56 Å². The molecule has 2 heterocycles. The number of carbonyl (C=O) groups excluding carboxylic acids is 2. The molecule has 2 aliphatic rings. The van der Waals surface area contributed by atoms with Crippen LogP contribution in [0.25, 0.3) is 0 Å². The van der Waals surface area contributed by atoms with E-state index < -0.39 is 18.2 Å². The minimum absolute atomic E-state index is 0.0224. The molecule has 8 heteroatoms. The Hall–Kier alpha value is -3.36. The van der Waals surface area contributed by atoms with Gasteiger partial charge < -0.3 is 19.6 Å². The van der Waals surface area contributed by atoms with E-state index in [1.807, 2.05) is 41.4 Å². The minimum atomic E-state index is -0.515. The van der Waals surface area contributed by atoms with Gasteiger partial charge in [-0.15, -0.1) is 0 Å². The summed E-state index contributed by atoms with van der Waals surface area (Å²) in [5.74, 6) is 0.784. The molecule has 0 amide bonds. The van der Waals surface area contributed by atoms with Crippen LogP contribution in [-0.2, 0) is 9.53 Å². The predicted molar refractivity (Wildman–Crippen MR) is 118 cm³/mol. The number of methoxy groups -OCH3 is 2. The topological polar surface area (TPSA) is 89.1 Å². The number of esters is 1. The molecular weight excluding hydrogens is 410 g/mol. The van der Waals surface area contributed by atoms with Crippen LogP contribution in [0, 0.1) is 0 Å². The first-order chi connectivity index (χ1) is 15.6. The zero-order chi connectivity index (χ0) is 22.7. The van der Waals surface area contributed by atoms with Gasteiger partial charge in [-0.3, -0.25) is 10.1 Å². The first kappa shape index (κ1) is 21.9. The Morgan fingerprint density at radius 3 is 2.50 bits per heavy atom. The fraction of sp³-hybridized carbons (Fsp3) is 0.333. The molecule has 0 spiro atoms. The lowest BCUT2D eigenvalue weighted by Crippen LogP contribution is -2.60. The maximum absolute atomic E-state index is 13.3. The molecular formula is C24H27N3O5. The van der Waals surface area contributed by atoms with Crippen molar-refractivity contribution in [3.8, 4) is 11.5 Å². The summed E-state index contributed by atoms with van der Waals surface area (Å²) in [4.78, 5) is 25.9. The number of ether oxygens (including phenoxy) is 3. The number of hydrogen-bond acceptors (Lipinski definition) is 8. The molecule has 0 saturated carbocycles. The normalized spacial score (nSPS) is 22.3. The molecule has 32 heavy (non-hydrogen) atoms. The van der Waals surface area contributed by atoms with E-state index in [-0.39, 0.29) is 18.4 Å². The van der Waals surface area contributed by atoms with Crippen LogP contribution in [0.3, 0.4) is 0 Å². The van der Waals surface area contributed by atoms with Crippen LogP contribution in [-0.4, -0.2) is 49.8 Å². The number of benzene rings is 2. The van der Waals surface area contributed by atoms with Gasteiger partial charge in [-0.2, -0.15) is 5.01 Å². The van der Waals surface area contributed by atoms with E-state index >= 15 is 0 Å². The first-order valence-corrected chi connectivity index (χ1v) is 10.6. The van der Waals surface area contributed by atoms with Gasteiger partial charge in [0.15, 0.2) is 17.3 Å². The highest BCUT2D eigenvalue weighted by molar-refractivity contribution is 6.00. The van der Waals surface area contributed by atoms with E-state index in [1.165, 1.54) is 0 Å². The maximum Gasteiger partial charge on any atom is 0.338 e. The van der Waals surface area contributed by atoms with Crippen molar-refractivity contribution >= 4 is 11.8 Å². The van der Waals surface area contributed by atoms with Gasteiger partial charge >= 0.3 is 5.97 Å². The third kappa shape index (κ3) is 4.06.